The van der Waals surface area contributed by atoms with E-state index in [1.165, 1.54) is 19.3 Å². The van der Waals surface area contributed by atoms with Gasteiger partial charge in [-0.05, 0) is 6.07 Å². The van der Waals surface area contributed by atoms with Crippen molar-refractivity contribution in [3.8, 4) is 0 Å². The smallest absolute Gasteiger partial charge is 0.235 e. The van der Waals surface area contributed by atoms with E-state index in [1.54, 1.807) is 18.2 Å². The van der Waals surface area contributed by atoms with Crippen LogP contribution in [-0.4, -0.2) is 19.7 Å². The fourth-order valence-electron chi connectivity index (χ4n) is 1.16. The summed E-state index contributed by atoms with van der Waals surface area (Å²) in [5, 5.41) is 0. The summed E-state index contributed by atoms with van der Waals surface area (Å²) in [6, 6.07) is 6.24. The molecule has 1 aromatic carbocycles. The third-order valence-electron chi connectivity index (χ3n) is 1.86. The molecule has 0 amide bonds. The molecule has 14 heavy (non-hydrogen) atoms. The van der Waals surface area contributed by atoms with Gasteiger partial charge in [-0.2, -0.15) is 0 Å². The monoisotopic (exact) mass is 195 g/mol. The lowest BCUT2D eigenvalue weighted by Crippen LogP contribution is -2.07. The van der Waals surface area contributed by atoms with Crippen molar-refractivity contribution in [2.45, 2.75) is 6.10 Å². The van der Waals surface area contributed by atoms with Crippen molar-refractivity contribution in [2.75, 3.05) is 13.7 Å². The summed E-state index contributed by atoms with van der Waals surface area (Å²) in [6.45, 7) is 0.0843. The highest BCUT2D eigenvalue weighted by atomic mass is 19.1. The Kier molecular flexibility index (Phi) is 3.98. The van der Waals surface area contributed by atoms with Crippen LogP contribution in [0.15, 0.2) is 29.3 Å². The molecule has 0 aliphatic heterocycles. The zero-order valence-corrected chi connectivity index (χ0v) is 7.74. The third kappa shape index (κ3) is 2.49. The van der Waals surface area contributed by atoms with Crippen molar-refractivity contribution < 1.29 is 13.9 Å². The standard InChI is InChI=1S/C10H10FNO2/c1-14-10(6-12-7-13)8-4-2-3-5-9(8)11/h2-5,10H,6H2,1H3. The molecule has 0 aliphatic rings. The van der Waals surface area contributed by atoms with Crippen LogP contribution in [0.2, 0.25) is 0 Å². The lowest BCUT2D eigenvalue weighted by molar-refractivity contribution is 0.107. The summed E-state index contributed by atoms with van der Waals surface area (Å²) < 4.78 is 18.2. The first-order chi connectivity index (χ1) is 6.79. The SMILES string of the molecule is COC(CN=C=O)c1ccccc1F. The van der Waals surface area contributed by atoms with Crippen molar-refractivity contribution in [3.63, 3.8) is 0 Å². The first kappa shape index (κ1) is 10.6. The topological polar surface area (TPSA) is 38.7 Å². The predicted octanol–water partition coefficient (Wildman–Crippen LogP) is 1.85. The van der Waals surface area contributed by atoms with Gasteiger partial charge in [0.1, 0.15) is 11.9 Å². The Morgan fingerprint density at radius 3 is 2.86 bits per heavy atom. The molecule has 0 fully saturated rings. The Bertz CT molecular complexity index is 348. The van der Waals surface area contributed by atoms with Gasteiger partial charge in [0.05, 0.1) is 6.54 Å². The van der Waals surface area contributed by atoms with Crippen molar-refractivity contribution in [2.24, 2.45) is 4.99 Å². The molecule has 4 heteroatoms. The van der Waals surface area contributed by atoms with Crippen molar-refractivity contribution in [3.05, 3.63) is 35.6 Å². The first-order valence-electron chi connectivity index (χ1n) is 4.10. The Balaban J connectivity index is 2.88. The van der Waals surface area contributed by atoms with E-state index in [1.807, 2.05) is 0 Å². The normalized spacial score (nSPS) is 11.9. The second-order valence-electron chi connectivity index (χ2n) is 2.68. The molecular weight excluding hydrogens is 185 g/mol. The minimum atomic E-state index is -0.530. The second-order valence-corrected chi connectivity index (χ2v) is 2.68. The van der Waals surface area contributed by atoms with E-state index in [-0.39, 0.29) is 12.4 Å². The number of carbonyl (C=O) groups excluding carboxylic acids is 1. The third-order valence-corrected chi connectivity index (χ3v) is 1.86. The van der Waals surface area contributed by atoms with Gasteiger partial charge in [0.2, 0.25) is 6.08 Å². The number of hydrogen-bond donors (Lipinski definition) is 0. The second kappa shape index (κ2) is 5.27. The van der Waals surface area contributed by atoms with Crippen molar-refractivity contribution in [1.29, 1.82) is 0 Å². The van der Waals surface area contributed by atoms with E-state index in [0.717, 1.165) is 0 Å². The largest absolute Gasteiger partial charge is 0.375 e. The van der Waals surface area contributed by atoms with Crippen LogP contribution in [0.5, 0.6) is 0 Å². The predicted molar refractivity (Wildman–Crippen MR) is 49.1 cm³/mol. The maximum atomic E-state index is 13.2. The van der Waals surface area contributed by atoms with Gasteiger partial charge >= 0.3 is 0 Å². The highest BCUT2D eigenvalue weighted by Crippen LogP contribution is 2.19. The molecule has 3 nitrogen and oxygen atoms in total. The van der Waals surface area contributed by atoms with Crippen LogP contribution in [0.25, 0.3) is 0 Å². The molecular formula is C10H10FNO2. The minimum absolute atomic E-state index is 0.0843. The molecule has 1 aromatic rings. The Morgan fingerprint density at radius 1 is 1.57 bits per heavy atom. The van der Waals surface area contributed by atoms with E-state index in [9.17, 15) is 9.18 Å². The number of ether oxygens (including phenoxy) is 1. The molecule has 0 saturated heterocycles. The molecule has 0 aliphatic carbocycles. The minimum Gasteiger partial charge on any atom is -0.375 e. The molecule has 1 unspecified atom stereocenters. The van der Waals surface area contributed by atoms with Crippen LogP contribution >= 0.6 is 0 Å². The zero-order chi connectivity index (χ0) is 10.4. The van der Waals surface area contributed by atoms with Gasteiger partial charge in [0.25, 0.3) is 0 Å². The Hall–Kier alpha value is -1.51. The number of methoxy groups -OCH3 is 1. The molecule has 1 rings (SSSR count). The lowest BCUT2D eigenvalue weighted by atomic mass is 10.1. The number of benzene rings is 1. The van der Waals surface area contributed by atoms with Crippen LogP contribution in [0.4, 0.5) is 4.39 Å². The highest BCUT2D eigenvalue weighted by Gasteiger charge is 2.13. The van der Waals surface area contributed by atoms with Crippen molar-refractivity contribution in [1.82, 2.24) is 0 Å². The summed E-state index contributed by atoms with van der Waals surface area (Å²) in [7, 11) is 1.44. The number of nitrogens with zero attached hydrogens (tertiary/aromatic N) is 1. The van der Waals surface area contributed by atoms with Crippen LogP contribution in [-0.2, 0) is 9.53 Å². The van der Waals surface area contributed by atoms with Crippen LogP contribution in [0.3, 0.4) is 0 Å². The number of hydrogen-bond acceptors (Lipinski definition) is 3. The molecule has 0 bridgehead atoms. The lowest BCUT2D eigenvalue weighted by Gasteiger charge is -2.12. The summed E-state index contributed by atoms with van der Waals surface area (Å²) in [6.07, 6.45) is 0.864. The van der Waals surface area contributed by atoms with Gasteiger partial charge in [-0.25, -0.2) is 14.2 Å². The van der Waals surface area contributed by atoms with Gasteiger partial charge in [-0.1, -0.05) is 18.2 Å². The quantitative estimate of drug-likeness (QED) is 0.543. The fraction of sp³-hybridized carbons (Fsp3) is 0.300. The summed E-state index contributed by atoms with van der Waals surface area (Å²) in [5.41, 5.74) is 0.397. The Morgan fingerprint density at radius 2 is 2.29 bits per heavy atom. The zero-order valence-electron chi connectivity index (χ0n) is 7.74. The molecule has 74 valence electrons. The van der Waals surface area contributed by atoms with E-state index < -0.39 is 6.10 Å². The van der Waals surface area contributed by atoms with Crippen molar-refractivity contribution >= 4 is 6.08 Å². The molecule has 0 aromatic heterocycles. The number of isocyanates is 1. The maximum absolute atomic E-state index is 13.2. The van der Waals surface area contributed by atoms with E-state index in [4.69, 9.17) is 4.74 Å². The average molecular weight is 195 g/mol. The van der Waals surface area contributed by atoms with Crippen LogP contribution < -0.4 is 0 Å². The van der Waals surface area contributed by atoms with E-state index in [2.05, 4.69) is 4.99 Å². The number of aliphatic imine (C=N–C) groups is 1. The summed E-state index contributed by atoms with van der Waals surface area (Å²) in [5.74, 6) is -0.361. The molecule has 1 atom stereocenters. The molecule has 0 radical (unpaired) electrons. The highest BCUT2D eigenvalue weighted by molar-refractivity contribution is 5.33. The van der Waals surface area contributed by atoms with E-state index >= 15 is 0 Å². The van der Waals surface area contributed by atoms with Gasteiger partial charge in [-0.3, -0.25) is 0 Å². The molecule has 0 saturated carbocycles. The number of halogens is 1. The van der Waals surface area contributed by atoms with Gasteiger partial charge < -0.3 is 4.74 Å². The Labute approximate surface area is 81.2 Å². The first-order valence-corrected chi connectivity index (χ1v) is 4.10. The number of rotatable bonds is 4. The van der Waals surface area contributed by atoms with Crippen LogP contribution in [0, 0.1) is 5.82 Å². The molecule has 0 heterocycles. The summed E-state index contributed by atoms with van der Waals surface area (Å²) >= 11 is 0. The van der Waals surface area contributed by atoms with E-state index in [0.29, 0.717) is 5.56 Å². The van der Waals surface area contributed by atoms with Gasteiger partial charge in [0.15, 0.2) is 0 Å². The van der Waals surface area contributed by atoms with Gasteiger partial charge in [0, 0.05) is 12.7 Å². The average Bonchev–Trinajstić information content (AvgIpc) is 2.21. The molecule has 0 spiro atoms. The maximum Gasteiger partial charge on any atom is 0.235 e. The molecule has 0 N–H and O–H groups in total. The fourth-order valence-corrected chi connectivity index (χ4v) is 1.16. The van der Waals surface area contributed by atoms with Crippen LogP contribution in [0.1, 0.15) is 11.7 Å². The summed E-state index contributed by atoms with van der Waals surface area (Å²) in [4.78, 5) is 13.3. The van der Waals surface area contributed by atoms with Gasteiger partial charge in [-0.15, -0.1) is 0 Å².